The topological polar surface area (TPSA) is 63.2 Å². The molecule has 2 aromatic heterocycles. The maximum atomic E-state index is 14.1. The fourth-order valence-corrected chi connectivity index (χ4v) is 4.49. The lowest BCUT2D eigenvalue weighted by atomic mass is 10.1. The van der Waals surface area contributed by atoms with Crippen LogP contribution in [-0.2, 0) is 0 Å². The largest absolute Gasteiger partial charge is 0.455 e. The molecule has 170 valence electrons. The minimum absolute atomic E-state index is 0.104. The highest BCUT2D eigenvalue weighted by molar-refractivity contribution is 6.30. The van der Waals surface area contributed by atoms with Gasteiger partial charge in [0.1, 0.15) is 17.3 Å². The second-order valence-corrected chi connectivity index (χ2v) is 8.60. The number of halogens is 3. The second kappa shape index (κ2) is 9.00. The molecule has 2 N–H and O–H groups in total. The molecular formula is C25H22ClF2N3O2. The van der Waals surface area contributed by atoms with Crippen LogP contribution in [0.5, 0.6) is 0 Å². The van der Waals surface area contributed by atoms with Gasteiger partial charge in [0, 0.05) is 16.6 Å². The summed E-state index contributed by atoms with van der Waals surface area (Å²) in [6.45, 7) is 0. The van der Waals surface area contributed by atoms with Crippen molar-refractivity contribution in [2.45, 2.75) is 38.0 Å². The molecule has 8 heteroatoms. The molecule has 5 rings (SSSR count). The second-order valence-electron chi connectivity index (χ2n) is 8.17. The van der Waals surface area contributed by atoms with Crippen molar-refractivity contribution in [3.05, 3.63) is 83.3 Å². The zero-order valence-corrected chi connectivity index (χ0v) is 18.4. The molecule has 4 aromatic rings. The molecule has 0 aliphatic heterocycles. The molecule has 33 heavy (non-hydrogen) atoms. The van der Waals surface area contributed by atoms with E-state index in [1.807, 2.05) is 0 Å². The first-order valence-electron chi connectivity index (χ1n) is 10.8. The van der Waals surface area contributed by atoms with Gasteiger partial charge in [-0.2, -0.15) is 0 Å². The highest BCUT2D eigenvalue weighted by Gasteiger charge is 2.26. The first kappa shape index (κ1) is 21.7. The number of aliphatic hydroxyl groups is 1. The highest BCUT2D eigenvalue weighted by atomic mass is 35.5. The SMILES string of the molecule is OC(Nc1ccc(Cl)cc1F)c1ccc(-c2c(-c3ccc(F)cc3)ncn2C2CCCC2)o1. The number of aliphatic hydroxyl groups excluding tert-OH is 1. The van der Waals surface area contributed by atoms with Gasteiger partial charge in [-0.25, -0.2) is 13.8 Å². The van der Waals surface area contributed by atoms with Gasteiger partial charge in [0.25, 0.3) is 0 Å². The quantitative estimate of drug-likeness (QED) is 0.299. The molecule has 2 heterocycles. The van der Waals surface area contributed by atoms with E-state index in [0.29, 0.717) is 17.5 Å². The van der Waals surface area contributed by atoms with E-state index in [0.717, 1.165) is 36.9 Å². The smallest absolute Gasteiger partial charge is 0.184 e. The Balaban J connectivity index is 1.49. The molecule has 1 saturated carbocycles. The lowest BCUT2D eigenvalue weighted by Gasteiger charge is -2.16. The van der Waals surface area contributed by atoms with E-state index in [1.54, 1.807) is 30.6 Å². The summed E-state index contributed by atoms with van der Waals surface area (Å²) in [5, 5.41) is 13.6. The maximum Gasteiger partial charge on any atom is 0.184 e. The van der Waals surface area contributed by atoms with Crippen LogP contribution in [0.25, 0.3) is 22.7 Å². The van der Waals surface area contributed by atoms with Crippen molar-refractivity contribution in [1.29, 1.82) is 0 Å². The van der Waals surface area contributed by atoms with Crippen molar-refractivity contribution < 1.29 is 18.3 Å². The summed E-state index contributed by atoms with van der Waals surface area (Å²) < 4.78 is 35.7. The van der Waals surface area contributed by atoms with Crippen molar-refractivity contribution in [2.75, 3.05) is 5.32 Å². The fourth-order valence-electron chi connectivity index (χ4n) is 4.34. The van der Waals surface area contributed by atoms with Gasteiger partial charge >= 0.3 is 0 Å². The summed E-state index contributed by atoms with van der Waals surface area (Å²) in [5.74, 6) is -0.152. The Morgan fingerprint density at radius 2 is 1.82 bits per heavy atom. The van der Waals surface area contributed by atoms with Crippen LogP contribution in [-0.4, -0.2) is 14.7 Å². The third kappa shape index (κ3) is 4.38. The van der Waals surface area contributed by atoms with Crippen LogP contribution in [0.3, 0.4) is 0 Å². The number of furan rings is 1. The lowest BCUT2D eigenvalue weighted by Crippen LogP contribution is -2.10. The third-order valence-corrected chi connectivity index (χ3v) is 6.22. The molecule has 0 saturated heterocycles. The molecule has 1 unspecified atom stereocenters. The van der Waals surface area contributed by atoms with Gasteiger partial charge in [0.05, 0.1) is 17.7 Å². The molecule has 0 spiro atoms. The van der Waals surface area contributed by atoms with Crippen LogP contribution in [0.15, 0.2) is 65.3 Å². The van der Waals surface area contributed by atoms with Crippen molar-refractivity contribution in [1.82, 2.24) is 9.55 Å². The Kier molecular flexibility index (Phi) is 5.91. The van der Waals surface area contributed by atoms with Crippen LogP contribution in [0, 0.1) is 11.6 Å². The summed E-state index contributed by atoms with van der Waals surface area (Å²) in [4.78, 5) is 4.62. The van der Waals surface area contributed by atoms with E-state index < -0.39 is 12.0 Å². The van der Waals surface area contributed by atoms with Crippen LogP contribution >= 0.6 is 11.6 Å². The van der Waals surface area contributed by atoms with Gasteiger partial charge in [0.2, 0.25) is 0 Å². The molecule has 1 fully saturated rings. The van der Waals surface area contributed by atoms with E-state index in [4.69, 9.17) is 16.0 Å². The standard InChI is InChI=1S/C25H22ClF2N3O2/c26-16-7-10-20(19(28)13-16)30-25(32)22-12-11-21(33-22)24-23(15-5-8-17(27)9-6-15)29-14-31(24)18-3-1-2-4-18/h5-14,18,25,30,32H,1-4H2. The van der Waals surface area contributed by atoms with Gasteiger partial charge in [-0.1, -0.05) is 24.4 Å². The molecule has 1 aliphatic carbocycles. The number of imidazole rings is 1. The monoisotopic (exact) mass is 469 g/mol. The molecule has 0 radical (unpaired) electrons. The summed E-state index contributed by atoms with van der Waals surface area (Å²) in [7, 11) is 0. The van der Waals surface area contributed by atoms with Crippen molar-refractivity contribution >= 4 is 17.3 Å². The van der Waals surface area contributed by atoms with Crippen LogP contribution < -0.4 is 5.32 Å². The summed E-state index contributed by atoms with van der Waals surface area (Å²) in [5.41, 5.74) is 2.31. The minimum atomic E-state index is -1.27. The van der Waals surface area contributed by atoms with Crippen LogP contribution in [0.2, 0.25) is 5.02 Å². The van der Waals surface area contributed by atoms with E-state index >= 15 is 0 Å². The van der Waals surface area contributed by atoms with Gasteiger partial charge in [-0.15, -0.1) is 0 Å². The molecule has 1 atom stereocenters. The Hall–Kier alpha value is -3.16. The molecule has 5 nitrogen and oxygen atoms in total. The van der Waals surface area contributed by atoms with Crippen LogP contribution in [0.4, 0.5) is 14.5 Å². The molecular weight excluding hydrogens is 448 g/mol. The summed E-state index contributed by atoms with van der Waals surface area (Å²) in [6, 6.07) is 14.0. The summed E-state index contributed by atoms with van der Waals surface area (Å²) in [6.07, 6.45) is 4.90. The van der Waals surface area contributed by atoms with Crippen molar-refractivity contribution in [2.24, 2.45) is 0 Å². The molecule has 2 aromatic carbocycles. The Morgan fingerprint density at radius 3 is 2.55 bits per heavy atom. The predicted molar refractivity (Wildman–Crippen MR) is 123 cm³/mol. The van der Waals surface area contributed by atoms with Crippen LogP contribution in [0.1, 0.15) is 43.7 Å². The lowest BCUT2D eigenvalue weighted by molar-refractivity contribution is 0.178. The minimum Gasteiger partial charge on any atom is -0.455 e. The zero-order chi connectivity index (χ0) is 22.9. The molecule has 0 bridgehead atoms. The van der Waals surface area contributed by atoms with Gasteiger partial charge in [0.15, 0.2) is 17.7 Å². The number of rotatable bonds is 6. The average molecular weight is 470 g/mol. The van der Waals surface area contributed by atoms with Gasteiger partial charge in [-0.3, -0.25) is 0 Å². The highest BCUT2D eigenvalue weighted by Crippen LogP contribution is 2.39. The average Bonchev–Trinajstić information content (AvgIpc) is 3.56. The number of benzene rings is 2. The number of nitrogens with one attached hydrogen (secondary N) is 1. The normalized spacial score (nSPS) is 15.2. The van der Waals surface area contributed by atoms with Gasteiger partial charge in [-0.05, 0) is 67.4 Å². The predicted octanol–water partition coefficient (Wildman–Crippen LogP) is 6.96. The van der Waals surface area contributed by atoms with Crippen molar-refractivity contribution in [3.8, 4) is 22.7 Å². The number of aromatic nitrogens is 2. The Labute approximate surface area is 194 Å². The van der Waals surface area contributed by atoms with E-state index in [1.165, 1.54) is 30.3 Å². The van der Waals surface area contributed by atoms with Gasteiger partial charge < -0.3 is 19.4 Å². The number of hydrogen-bond donors (Lipinski definition) is 2. The molecule has 1 aliphatic rings. The van der Waals surface area contributed by atoms with E-state index in [-0.39, 0.29) is 22.3 Å². The van der Waals surface area contributed by atoms with Crippen molar-refractivity contribution in [3.63, 3.8) is 0 Å². The molecule has 0 amide bonds. The van der Waals surface area contributed by atoms with E-state index in [2.05, 4.69) is 14.9 Å². The first-order valence-corrected chi connectivity index (χ1v) is 11.2. The Bertz CT molecular complexity index is 1260. The zero-order valence-electron chi connectivity index (χ0n) is 17.6. The number of nitrogens with zero attached hydrogens (tertiary/aromatic N) is 2. The van der Waals surface area contributed by atoms with E-state index in [9.17, 15) is 13.9 Å². The Morgan fingerprint density at radius 1 is 1.06 bits per heavy atom. The summed E-state index contributed by atoms with van der Waals surface area (Å²) >= 11 is 5.80. The first-order chi connectivity index (χ1) is 16.0. The third-order valence-electron chi connectivity index (χ3n) is 5.98. The number of hydrogen-bond acceptors (Lipinski definition) is 4. The number of anilines is 1. The maximum absolute atomic E-state index is 14.1. The fraction of sp³-hybridized carbons (Fsp3) is 0.240.